The van der Waals surface area contributed by atoms with E-state index in [9.17, 15) is 23.4 Å². The first-order chi connectivity index (χ1) is 22.5. The second-order valence-electron chi connectivity index (χ2n) is 13.3. The molecule has 3 aliphatic rings. The standard InChI is InChI=1S/C35H35F4N5O3/c1-3-23-26(36)8-7-21-12-22(46)13-24(28(21)23)30-29(37)31-25(15-40-30)32(44-16-20(17-45)14-35(38,39)18-44)42-33(41-31)47-19-34-9-4-6-27(34)43(2)11-5-10-34/h1,7-8,12-13,15,20,27,45-46H,4-6,9-11,14,16-19H2,2H3/t20-,27-,34-/m1/s1. The van der Waals surface area contributed by atoms with Crippen molar-refractivity contribution >= 4 is 27.5 Å². The quantitative estimate of drug-likeness (QED) is 0.197. The molecule has 8 nitrogen and oxygen atoms in total. The lowest BCUT2D eigenvalue weighted by atomic mass is 9.76. The number of alkyl halides is 2. The minimum atomic E-state index is -3.13. The van der Waals surface area contributed by atoms with Crippen LogP contribution in [0, 0.1) is 35.3 Å². The number of aliphatic hydroxyl groups is 1. The summed E-state index contributed by atoms with van der Waals surface area (Å²) >= 11 is 0. The zero-order valence-corrected chi connectivity index (χ0v) is 25.9. The molecule has 12 heteroatoms. The second-order valence-corrected chi connectivity index (χ2v) is 13.3. The van der Waals surface area contributed by atoms with Gasteiger partial charge in [0.05, 0.1) is 24.1 Å². The van der Waals surface area contributed by atoms with Gasteiger partial charge in [-0.15, -0.1) is 6.42 Å². The van der Waals surface area contributed by atoms with Crippen LogP contribution in [0.3, 0.4) is 0 Å². The molecule has 4 aromatic rings. The number of phenols is 1. The monoisotopic (exact) mass is 649 g/mol. The first-order valence-corrected chi connectivity index (χ1v) is 15.9. The summed E-state index contributed by atoms with van der Waals surface area (Å²) in [6.07, 6.45) is 11.5. The lowest BCUT2D eigenvalue weighted by Gasteiger charge is -2.44. The Balaban J connectivity index is 1.39. The van der Waals surface area contributed by atoms with Crippen LogP contribution in [0.15, 0.2) is 30.5 Å². The summed E-state index contributed by atoms with van der Waals surface area (Å²) in [6, 6.07) is 5.38. The highest BCUT2D eigenvalue weighted by atomic mass is 19.3. The van der Waals surface area contributed by atoms with Crippen molar-refractivity contribution in [3.05, 3.63) is 47.7 Å². The van der Waals surface area contributed by atoms with Crippen molar-refractivity contribution in [2.45, 2.75) is 50.5 Å². The molecule has 0 spiro atoms. The zero-order valence-electron chi connectivity index (χ0n) is 25.9. The number of aromatic nitrogens is 3. The molecular weight excluding hydrogens is 614 g/mol. The number of benzene rings is 2. The molecule has 2 aromatic carbocycles. The van der Waals surface area contributed by atoms with Gasteiger partial charge in [0.1, 0.15) is 28.6 Å². The van der Waals surface area contributed by atoms with Crippen molar-refractivity contribution in [2.75, 3.05) is 44.8 Å². The summed E-state index contributed by atoms with van der Waals surface area (Å²) in [5.41, 5.74) is -0.724. The number of aromatic hydroxyl groups is 1. The van der Waals surface area contributed by atoms with Crippen LogP contribution in [0.1, 0.15) is 44.1 Å². The highest BCUT2D eigenvalue weighted by Crippen LogP contribution is 2.48. The number of piperidine rings is 2. The number of phenolic OH excluding ortho intramolecular Hbond substituents is 1. The molecule has 2 aromatic heterocycles. The van der Waals surface area contributed by atoms with Gasteiger partial charge in [0, 0.05) is 54.1 Å². The minimum absolute atomic E-state index is 0.0122. The summed E-state index contributed by atoms with van der Waals surface area (Å²) in [5, 5.41) is 20.9. The van der Waals surface area contributed by atoms with E-state index < -0.39 is 43.0 Å². The number of hydrogen-bond acceptors (Lipinski definition) is 8. The van der Waals surface area contributed by atoms with Crippen LogP contribution < -0.4 is 9.64 Å². The number of rotatable bonds is 6. The molecule has 2 N–H and O–H groups in total. The van der Waals surface area contributed by atoms with Crippen molar-refractivity contribution in [2.24, 2.45) is 11.3 Å². The molecule has 3 atom stereocenters. The number of terminal acetylenes is 1. The Morgan fingerprint density at radius 3 is 2.74 bits per heavy atom. The average molecular weight is 650 g/mol. The maximum atomic E-state index is 16.8. The molecule has 47 heavy (non-hydrogen) atoms. The fraction of sp³-hybridized carbons (Fsp3) is 0.457. The molecule has 0 amide bonds. The fourth-order valence-corrected chi connectivity index (χ4v) is 8.14. The van der Waals surface area contributed by atoms with Crippen LogP contribution in [0.25, 0.3) is 32.9 Å². The SMILES string of the molecule is C#Cc1c(F)ccc2cc(O)cc(-c3ncc4c(N5C[C@H](CO)CC(F)(F)C5)nc(OC[C@]56CCC[C@H]5N(C)CCC6)nc4c3F)c12. The first kappa shape index (κ1) is 31.4. The van der Waals surface area contributed by atoms with Gasteiger partial charge in [0.15, 0.2) is 5.82 Å². The predicted molar refractivity (Wildman–Crippen MR) is 170 cm³/mol. The molecule has 3 fully saturated rings. The molecule has 7 rings (SSSR count). The van der Waals surface area contributed by atoms with E-state index in [0.29, 0.717) is 11.4 Å². The predicted octanol–water partition coefficient (Wildman–Crippen LogP) is 5.91. The van der Waals surface area contributed by atoms with Crippen LogP contribution in [0.4, 0.5) is 23.4 Å². The van der Waals surface area contributed by atoms with Gasteiger partial charge in [0.2, 0.25) is 0 Å². The molecule has 246 valence electrons. The maximum Gasteiger partial charge on any atom is 0.319 e. The average Bonchev–Trinajstić information content (AvgIpc) is 3.48. The largest absolute Gasteiger partial charge is 0.508 e. The van der Waals surface area contributed by atoms with Gasteiger partial charge in [-0.3, -0.25) is 4.98 Å². The number of hydrogen-bond donors (Lipinski definition) is 2. The van der Waals surface area contributed by atoms with E-state index in [1.54, 1.807) is 0 Å². The van der Waals surface area contributed by atoms with Crippen LogP contribution in [0.2, 0.25) is 0 Å². The third-order valence-corrected chi connectivity index (χ3v) is 10.2. The van der Waals surface area contributed by atoms with E-state index in [1.807, 2.05) is 0 Å². The smallest absolute Gasteiger partial charge is 0.319 e. The lowest BCUT2D eigenvalue weighted by Crippen LogP contribution is -2.50. The van der Waals surface area contributed by atoms with Gasteiger partial charge in [-0.1, -0.05) is 18.4 Å². The molecule has 0 radical (unpaired) electrons. The van der Waals surface area contributed by atoms with Crippen LogP contribution in [-0.4, -0.2) is 81.9 Å². The number of fused-ring (bicyclic) bond motifs is 3. The van der Waals surface area contributed by atoms with Gasteiger partial charge in [-0.05, 0) is 62.9 Å². The highest BCUT2D eigenvalue weighted by Gasteiger charge is 2.47. The van der Waals surface area contributed by atoms with E-state index in [4.69, 9.17) is 11.2 Å². The van der Waals surface area contributed by atoms with Crippen LogP contribution in [-0.2, 0) is 0 Å². The van der Waals surface area contributed by atoms with Crippen molar-refractivity contribution < 1.29 is 32.5 Å². The van der Waals surface area contributed by atoms with E-state index in [1.165, 1.54) is 35.4 Å². The Morgan fingerprint density at radius 2 is 1.96 bits per heavy atom. The first-order valence-electron chi connectivity index (χ1n) is 15.9. The minimum Gasteiger partial charge on any atom is -0.508 e. The summed E-state index contributed by atoms with van der Waals surface area (Å²) in [7, 11) is 2.11. The third-order valence-electron chi connectivity index (χ3n) is 10.2. The van der Waals surface area contributed by atoms with Crippen molar-refractivity contribution in [3.8, 4) is 35.4 Å². The van der Waals surface area contributed by atoms with Gasteiger partial charge in [0.25, 0.3) is 5.92 Å². The molecule has 2 saturated heterocycles. The lowest BCUT2D eigenvalue weighted by molar-refractivity contribution is -0.0375. The Kier molecular flexibility index (Phi) is 7.88. The molecule has 2 aliphatic heterocycles. The van der Waals surface area contributed by atoms with Gasteiger partial charge in [-0.25, -0.2) is 17.6 Å². The second kappa shape index (κ2) is 11.8. The van der Waals surface area contributed by atoms with Gasteiger partial charge < -0.3 is 24.7 Å². The van der Waals surface area contributed by atoms with Crippen molar-refractivity contribution in [1.29, 1.82) is 0 Å². The Hall–Kier alpha value is -4.21. The number of anilines is 1. The Morgan fingerprint density at radius 1 is 1.15 bits per heavy atom. The molecule has 1 saturated carbocycles. The number of pyridine rings is 1. The summed E-state index contributed by atoms with van der Waals surface area (Å²) in [4.78, 5) is 17.0. The number of likely N-dealkylation sites (tertiary alicyclic amines) is 1. The van der Waals surface area contributed by atoms with Crippen molar-refractivity contribution in [1.82, 2.24) is 19.9 Å². The van der Waals surface area contributed by atoms with E-state index in [0.717, 1.165) is 38.6 Å². The molecule has 0 unspecified atom stereocenters. The zero-order chi connectivity index (χ0) is 33.1. The normalized spacial score (nSPS) is 24.4. The number of aliphatic hydroxyl groups excluding tert-OH is 1. The number of nitrogens with zero attached hydrogens (tertiary/aromatic N) is 5. The Bertz CT molecular complexity index is 1920. The molecule has 4 heterocycles. The van der Waals surface area contributed by atoms with E-state index in [-0.39, 0.29) is 69.3 Å². The van der Waals surface area contributed by atoms with Crippen molar-refractivity contribution in [3.63, 3.8) is 0 Å². The maximum absolute atomic E-state index is 16.8. The van der Waals surface area contributed by atoms with Gasteiger partial charge in [-0.2, -0.15) is 9.97 Å². The van der Waals surface area contributed by atoms with Gasteiger partial charge >= 0.3 is 6.01 Å². The highest BCUT2D eigenvalue weighted by molar-refractivity contribution is 6.03. The third kappa shape index (κ3) is 5.49. The van der Waals surface area contributed by atoms with Crippen LogP contribution in [0.5, 0.6) is 11.8 Å². The van der Waals surface area contributed by atoms with Crippen LogP contribution >= 0.6 is 0 Å². The Labute approximate surface area is 269 Å². The molecule has 1 aliphatic carbocycles. The molecule has 0 bridgehead atoms. The summed E-state index contributed by atoms with van der Waals surface area (Å²) in [5.74, 6) is -3.39. The number of ether oxygens (including phenoxy) is 1. The summed E-state index contributed by atoms with van der Waals surface area (Å²) < 4.78 is 67.7. The van der Waals surface area contributed by atoms with E-state index >= 15 is 4.39 Å². The summed E-state index contributed by atoms with van der Waals surface area (Å²) in [6.45, 7) is 0.181. The topological polar surface area (TPSA) is 94.8 Å². The number of halogens is 4. The fourth-order valence-electron chi connectivity index (χ4n) is 8.14. The molecular formula is C35H35F4N5O3. The van der Waals surface area contributed by atoms with E-state index in [2.05, 4.69) is 32.8 Å².